The van der Waals surface area contributed by atoms with E-state index in [9.17, 15) is 19.7 Å². The fourth-order valence-corrected chi connectivity index (χ4v) is 3.35. The quantitative estimate of drug-likeness (QED) is 0.117. The molecule has 0 unspecified atom stereocenters. The number of nitro groups is 1. The first-order valence-electron chi connectivity index (χ1n) is 12.4. The molecule has 200 valence electrons. The molecule has 3 rings (SSSR count). The summed E-state index contributed by atoms with van der Waals surface area (Å²) in [6.07, 6.45) is 3.41. The van der Waals surface area contributed by atoms with Crippen LogP contribution in [0.5, 0.6) is 0 Å². The number of nitrogens with one attached hydrogen (secondary N) is 2. The first-order chi connectivity index (χ1) is 18.3. The number of aryl methyl sites for hydroxylation is 1. The largest absolute Gasteiger partial charge is 0.462 e. The molecule has 0 spiro atoms. The molecule has 0 aliphatic carbocycles. The standard InChI is InChI=1S/C27H31N5O6/c1-4-6-16-37-26(33)19-8-12-21(13-9-19)30-24-23(32(35)36)25(29-18(3)28-24)31-22-14-10-20(11-15-22)27(34)38-17-7-5-2/h8-15H,4-7,16-17H2,1-3H3,(H2,28,29,30,31). The molecule has 0 saturated heterocycles. The lowest BCUT2D eigenvalue weighted by Crippen LogP contribution is -2.09. The van der Waals surface area contributed by atoms with Crippen molar-refractivity contribution in [1.29, 1.82) is 0 Å². The molecule has 0 fully saturated rings. The molecular formula is C27H31N5O6. The normalized spacial score (nSPS) is 10.5. The number of carbonyl (C=O) groups is 2. The van der Waals surface area contributed by atoms with Crippen LogP contribution in [0.1, 0.15) is 66.1 Å². The van der Waals surface area contributed by atoms with Crippen LogP contribution in [0.3, 0.4) is 0 Å². The van der Waals surface area contributed by atoms with Crippen molar-refractivity contribution in [2.24, 2.45) is 0 Å². The highest BCUT2D eigenvalue weighted by atomic mass is 16.6. The SMILES string of the molecule is CCCCOC(=O)c1ccc(Nc2nc(C)nc(Nc3ccc(C(=O)OCCCC)cc3)c2[N+](=O)[O-])cc1. The van der Waals surface area contributed by atoms with Gasteiger partial charge in [0.1, 0.15) is 5.82 Å². The van der Waals surface area contributed by atoms with E-state index < -0.39 is 16.9 Å². The Morgan fingerprint density at radius 1 is 0.789 bits per heavy atom. The molecule has 2 aromatic carbocycles. The van der Waals surface area contributed by atoms with Crippen LogP contribution >= 0.6 is 0 Å². The number of unbranched alkanes of at least 4 members (excludes halogenated alkanes) is 2. The average molecular weight is 522 g/mol. The number of esters is 2. The van der Waals surface area contributed by atoms with Crippen LogP contribution in [-0.4, -0.2) is 40.0 Å². The molecule has 1 aromatic heterocycles. The van der Waals surface area contributed by atoms with E-state index in [4.69, 9.17) is 9.47 Å². The van der Waals surface area contributed by atoms with Gasteiger partial charge in [0.15, 0.2) is 0 Å². The number of nitrogens with zero attached hydrogens (tertiary/aromatic N) is 3. The highest BCUT2D eigenvalue weighted by molar-refractivity contribution is 5.90. The second kappa shape index (κ2) is 13.7. The minimum absolute atomic E-state index is 0.0144. The summed E-state index contributed by atoms with van der Waals surface area (Å²) in [7, 11) is 0. The maximum atomic E-state index is 12.1. The van der Waals surface area contributed by atoms with E-state index in [0.717, 1.165) is 25.7 Å². The molecule has 0 saturated carbocycles. The number of benzene rings is 2. The summed E-state index contributed by atoms with van der Waals surface area (Å²) in [6.45, 7) is 6.33. The Morgan fingerprint density at radius 2 is 1.18 bits per heavy atom. The van der Waals surface area contributed by atoms with Gasteiger partial charge in [-0.05, 0) is 68.3 Å². The lowest BCUT2D eigenvalue weighted by molar-refractivity contribution is -0.383. The Kier molecular flexibility index (Phi) is 10.1. The van der Waals surface area contributed by atoms with Crippen molar-refractivity contribution in [2.45, 2.75) is 46.5 Å². The van der Waals surface area contributed by atoms with Crippen LogP contribution in [0.2, 0.25) is 0 Å². The molecule has 3 aromatic rings. The van der Waals surface area contributed by atoms with Crippen molar-refractivity contribution < 1.29 is 24.0 Å². The molecular weight excluding hydrogens is 490 g/mol. The maximum absolute atomic E-state index is 12.1. The zero-order valence-electron chi connectivity index (χ0n) is 21.7. The number of rotatable bonds is 13. The van der Waals surface area contributed by atoms with Gasteiger partial charge in [-0.15, -0.1) is 0 Å². The van der Waals surface area contributed by atoms with Gasteiger partial charge in [-0.1, -0.05) is 26.7 Å². The van der Waals surface area contributed by atoms with Gasteiger partial charge in [0.2, 0.25) is 11.6 Å². The summed E-state index contributed by atoms with van der Waals surface area (Å²) in [6, 6.07) is 12.8. The molecule has 0 amide bonds. The van der Waals surface area contributed by atoms with Gasteiger partial charge < -0.3 is 20.1 Å². The van der Waals surface area contributed by atoms with Crippen LogP contribution in [0.25, 0.3) is 0 Å². The number of anilines is 4. The Labute approximate surface area is 220 Å². The van der Waals surface area contributed by atoms with E-state index in [1.807, 2.05) is 13.8 Å². The monoisotopic (exact) mass is 521 g/mol. The van der Waals surface area contributed by atoms with Crippen LogP contribution in [0, 0.1) is 17.0 Å². The van der Waals surface area contributed by atoms with Crippen LogP contribution in [0.15, 0.2) is 48.5 Å². The lowest BCUT2D eigenvalue weighted by atomic mass is 10.2. The van der Waals surface area contributed by atoms with E-state index >= 15 is 0 Å². The predicted molar refractivity (Wildman–Crippen MR) is 143 cm³/mol. The fourth-order valence-electron chi connectivity index (χ4n) is 3.35. The topological polar surface area (TPSA) is 146 Å². The summed E-state index contributed by atoms with van der Waals surface area (Å²) in [5.74, 6) is -0.590. The first kappa shape index (κ1) is 28.0. The molecule has 11 heteroatoms. The van der Waals surface area contributed by atoms with E-state index in [2.05, 4.69) is 20.6 Å². The third-order valence-electron chi connectivity index (χ3n) is 5.41. The number of hydrogen-bond donors (Lipinski definition) is 2. The zero-order chi connectivity index (χ0) is 27.5. The van der Waals surface area contributed by atoms with Crippen LogP contribution in [-0.2, 0) is 9.47 Å². The summed E-state index contributed by atoms with van der Waals surface area (Å²) in [5.41, 5.74) is 1.38. The van der Waals surface area contributed by atoms with Crippen molar-refractivity contribution in [3.8, 4) is 0 Å². The van der Waals surface area contributed by atoms with Gasteiger partial charge in [-0.2, -0.15) is 0 Å². The van der Waals surface area contributed by atoms with E-state index in [1.54, 1.807) is 55.5 Å². The number of aromatic nitrogens is 2. The second-order valence-electron chi connectivity index (χ2n) is 8.46. The van der Waals surface area contributed by atoms with Gasteiger partial charge in [-0.3, -0.25) is 10.1 Å². The highest BCUT2D eigenvalue weighted by Crippen LogP contribution is 2.34. The van der Waals surface area contributed by atoms with Crippen molar-refractivity contribution >= 4 is 40.6 Å². The smallest absolute Gasteiger partial charge is 0.353 e. The third-order valence-corrected chi connectivity index (χ3v) is 5.41. The Morgan fingerprint density at radius 3 is 1.53 bits per heavy atom. The molecule has 11 nitrogen and oxygen atoms in total. The number of carbonyl (C=O) groups excluding carboxylic acids is 2. The van der Waals surface area contributed by atoms with Gasteiger partial charge in [0, 0.05) is 11.4 Å². The maximum Gasteiger partial charge on any atom is 0.353 e. The summed E-state index contributed by atoms with van der Waals surface area (Å²) < 4.78 is 10.4. The summed E-state index contributed by atoms with van der Waals surface area (Å²) in [4.78, 5) is 44.1. The van der Waals surface area contributed by atoms with Crippen LogP contribution < -0.4 is 10.6 Å². The van der Waals surface area contributed by atoms with Gasteiger partial charge >= 0.3 is 17.6 Å². The van der Waals surface area contributed by atoms with E-state index in [-0.39, 0.29) is 17.3 Å². The molecule has 38 heavy (non-hydrogen) atoms. The summed E-state index contributed by atoms with van der Waals surface area (Å²) in [5, 5.41) is 17.9. The average Bonchev–Trinajstić information content (AvgIpc) is 2.89. The minimum atomic E-state index is -0.580. The second-order valence-corrected chi connectivity index (χ2v) is 8.46. The highest BCUT2D eigenvalue weighted by Gasteiger charge is 2.25. The summed E-state index contributed by atoms with van der Waals surface area (Å²) >= 11 is 0. The molecule has 0 radical (unpaired) electrons. The molecule has 0 aliphatic heterocycles. The number of hydrogen-bond acceptors (Lipinski definition) is 10. The van der Waals surface area contributed by atoms with E-state index in [0.29, 0.717) is 41.5 Å². The molecule has 0 atom stereocenters. The van der Waals surface area contributed by atoms with Crippen molar-refractivity contribution in [1.82, 2.24) is 9.97 Å². The van der Waals surface area contributed by atoms with Crippen LogP contribution in [0.4, 0.5) is 28.7 Å². The molecule has 1 heterocycles. The predicted octanol–water partition coefficient (Wildman–Crippen LogP) is 6.09. The van der Waals surface area contributed by atoms with Crippen molar-refractivity contribution in [3.63, 3.8) is 0 Å². The Hall–Kier alpha value is -4.54. The first-order valence-corrected chi connectivity index (χ1v) is 12.4. The number of ether oxygens (including phenoxy) is 2. The van der Waals surface area contributed by atoms with Gasteiger partial charge in [-0.25, -0.2) is 19.6 Å². The lowest BCUT2D eigenvalue weighted by Gasteiger charge is -2.12. The third kappa shape index (κ3) is 7.73. The van der Waals surface area contributed by atoms with Gasteiger partial charge in [0.25, 0.3) is 0 Å². The van der Waals surface area contributed by atoms with Crippen molar-refractivity contribution in [3.05, 3.63) is 75.6 Å². The fraction of sp³-hybridized carbons (Fsp3) is 0.333. The molecule has 2 N–H and O–H groups in total. The molecule has 0 bridgehead atoms. The Balaban J connectivity index is 1.78. The Bertz CT molecular complexity index is 1170. The molecule has 0 aliphatic rings. The van der Waals surface area contributed by atoms with E-state index in [1.165, 1.54) is 0 Å². The minimum Gasteiger partial charge on any atom is -0.462 e. The van der Waals surface area contributed by atoms with Crippen molar-refractivity contribution in [2.75, 3.05) is 23.8 Å². The zero-order valence-corrected chi connectivity index (χ0v) is 21.7. The van der Waals surface area contributed by atoms with Gasteiger partial charge in [0.05, 0.1) is 29.3 Å².